The van der Waals surface area contributed by atoms with Crippen LogP contribution in [0.1, 0.15) is 10.4 Å². The van der Waals surface area contributed by atoms with Gasteiger partial charge in [-0.3, -0.25) is 4.79 Å². The number of hydrogen-bond acceptors (Lipinski definition) is 1. The van der Waals surface area contributed by atoms with E-state index in [1.807, 2.05) is 29.8 Å². The Labute approximate surface area is 98.2 Å². The van der Waals surface area contributed by atoms with Gasteiger partial charge in [0.05, 0.1) is 10.2 Å². The van der Waals surface area contributed by atoms with Gasteiger partial charge in [0.25, 0.3) is 0 Å². The maximum Gasteiger partial charge on any atom is 0.153 e. The molecule has 1 aromatic carbocycles. The van der Waals surface area contributed by atoms with Gasteiger partial charge in [-0.25, -0.2) is 0 Å². The smallest absolute Gasteiger partial charge is 0.153 e. The molecule has 1 heterocycles. The van der Waals surface area contributed by atoms with Crippen molar-refractivity contribution in [3.05, 3.63) is 32.8 Å². The first-order valence-electron chi connectivity index (χ1n) is 4.03. The molecule has 0 saturated carbocycles. The number of halogens is 2. The van der Waals surface area contributed by atoms with E-state index < -0.39 is 0 Å². The van der Waals surface area contributed by atoms with Crippen LogP contribution in [0.2, 0.25) is 0 Å². The molecular weight excluding hydrogens is 310 g/mol. The van der Waals surface area contributed by atoms with Crippen molar-refractivity contribution in [3.8, 4) is 0 Å². The van der Waals surface area contributed by atoms with Crippen LogP contribution in [-0.4, -0.2) is 10.9 Å². The van der Waals surface area contributed by atoms with E-state index in [0.29, 0.717) is 5.56 Å². The van der Waals surface area contributed by atoms with Crippen LogP contribution >= 0.6 is 31.9 Å². The Balaban J connectivity index is 2.96. The van der Waals surface area contributed by atoms with E-state index >= 15 is 0 Å². The first kappa shape index (κ1) is 9.93. The van der Waals surface area contributed by atoms with Crippen molar-refractivity contribution in [2.75, 3.05) is 0 Å². The van der Waals surface area contributed by atoms with Gasteiger partial charge < -0.3 is 4.57 Å². The van der Waals surface area contributed by atoms with E-state index in [0.717, 1.165) is 26.3 Å². The second-order valence-electron chi connectivity index (χ2n) is 3.04. The summed E-state index contributed by atoms with van der Waals surface area (Å²) in [5.74, 6) is 0. The average molecular weight is 317 g/mol. The third kappa shape index (κ3) is 1.33. The minimum Gasteiger partial charge on any atom is -0.338 e. The van der Waals surface area contributed by atoms with Crippen LogP contribution < -0.4 is 0 Å². The molecule has 0 aliphatic heterocycles. The molecule has 0 saturated heterocycles. The lowest BCUT2D eigenvalue weighted by Gasteiger charge is -1.96. The quantitative estimate of drug-likeness (QED) is 0.738. The van der Waals surface area contributed by atoms with Crippen molar-refractivity contribution >= 4 is 49.0 Å². The molecule has 2 nitrogen and oxygen atoms in total. The number of hydrogen-bond donors (Lipinski definition) is 0. The lowest BCUT2D eigenvalue weighted by atomic mass is 10.2. The predicted molar refractivity (Wildman–Crippen MR) is 63.7 cm³/mol. The zero-order valence-corrected chi connectivity index (χ0v) is 10.6. The van der Waals surface area contributed by atoms with Gasteiger partial charge in [0, 0.05) is 22.4 Å². The summed E-state index contributed by atoms with van der Waals surface area (Å²) in [5.41, 5.74) is 1.74. The Hall–Kier alpha value is -0.610. The molecule has 0 aliphatic rings. The summed E-state index contributed by atoms with van der Waals surface area (Å²) < 4.78 is 3.75. The Morgan fingerprint density at radius 3 is 2.71 bits per heavy atom. The lowest BCUT2D eigenvalue weighted by Crippen LogP contribution is -1.86. The van der Waals surface area contributed by atoms with Gasteiger partial charge in [-0.05, 0) is 34.1 Å². The fraction of sp³-hybridized carbons (Fsp3) is 0.100. The molecule has 0 N–H and O–H groups in total. The van der Waals surface area contributed by atoms with Crippen molar-refractivity contribution in [3.63, 3.8) is 0 Å². The highest BCUT2D eigenvalue weighted by atomic mass is 79.9. The van der Waals surface area contributed by atoms with Gasteiger partial charge in [-0.15, -0.1) is 0 Å². The summed E-state index contributed by atoms with van der Waals surface area (Å²) in [5, 5.41) is 0.962. The van der Waals surface area contributed by atoms with Gasteiger partial charge in [0.15, 0.2) is 6.29 Å². The number of fused-ring (bicyclic) bond motifs is 1. The van der Waals surface area contributed by atoms with Gasteiger partial charge >= 0.3 is 0 Å². The monoisotopic (exact) mass is 315 g/mol. The Morgan fingerprint density at radius 2 is 2.07 bits per heavy atom. The van der Waals surface area contributed by atoms with Gasteiger partial charge in [0.1, 0.15) is 0 Å². The highest BCUT2D eigenvalue weighted by Gasteiger charge is 2.11. The minimum absolute atomic E-state index is 0.698. The maximum atomic E-state index is 10.9. The van der Waals surface area contributed by atoms with E-state index in [9.17, 15) is 4.79 Å². The molecule has 0 fully saturated rings. The third-order valence-corrected chi connectivity index (χ3v) is 3.70. The zero-order chi connectivity index (χ0) is 10.3. The van der Waals surface area contributed by atoms with E-state index in [2.05, 4.69) is 31.9 Å². The number of aryl methyl sites for hydroxylation is 1. The SMILES string of the molecule is Cn1c(Br)c(C=O)c2cc(Br)ccc21. The van der Waals surface area contributed by atoms with Crippen LogP contribution in [0.4, 0.5) is 0 Å². The Kier molecular flexibility index (Phi) is 2.49. The van der Waals surface area contributed by atoms with Crippen LogP contribution in [0, 0.1) is 0 Å². The van der Waals surface area contributed by atoms with E-state index in [1.165, 1.54) is 0 Å². The summed E-state index contributed by atoms with van der Waals surface area (Å²) >= 11 is 6.78. The predicted octanol–water partition coefficient (Wildman–Crippen LogP) is 3.52. The van der Waals surface area contributed by atoms with Crippen LogP contribution in [0.3, 0.4) is 0 Å². The van der Waals surface area contributed by atoms with Crippen molar-refractivity contribution in [1.82, 2.24) is 4.57 Å². The fourth-order valence-corrected chi connectivity index (χ4v) is 2.39. The number of aromatic nitrogens is 1. The highest BCUT2D eigenvalue weighted by molar-refractivity contribution is 9.10. The second kappa shape index (κ2) is 3.51. The number of rotatable bonds is 1. The molecule has 0 bridgehead atoms. The van der Waals surface area contributed by atoms with E-state index in [-0.39, 0.29) is 0 Å². The highest BCUT2D eigenvalue weighted by Crippen LogP contribution is 2.29. The number of carbonyl (C=O) groups excluding carboxylic acids is 1. The summed E-state index contributed by atoms with van der Waals surface area (Å²) in [6.45, 7) is 0. The largest absolute Gasteiger partial charge is 0.338 e. The first-order valence-corrected chi connectivity index (χ1v) is 5.62. The Morgan fingerprint density at radius 1 is 1.36 bits per heavy atom. The topological polar surface area (TPSA) is 22.0 Å². The van der Waals surface area contributed by atoms with Crippen molar-refractivity contribution in [2.45, 2.75) is 0 Å². The molecule has 72 valence electrons. The number of benzene rings is 1. The third-order valence-electron chi connectivity index (χ3n) is 2.24. The zero-order valence-electron chi connectivity index (χ0n) is 7.42. The van der Waals surface area contributed by atoms with Crippen LogP contribution in [0.5, 0.6) is 0 Å². The fourth-order valence-electron chi connectivity index (χ4n) is 1.53. The Bertz CT molecular complexity index is 516. The minimum atomic E-state index is 0.698. The summed E-state index contributed by atoms with van der Waals surface area (Å²) in [6, 6.07) is 5.89. The van der Waals surface area contributed by atoms with Crippen molar-refractivity contribution in [2.24, 2.45) is 7.05 Å². The normalized spacial score (nSPS) is 10.8. The maximum absolute atomic E-state index is 10.9. The van der Waals surface area contributed by atoms with E-state index in [1.54, 1.807) is 0 Å². The first-order chi connectivity index (χ1) is 6.65. The molecule has 4 heteroatoms. The second-order valence-corrected chi connectivity index (χ2v) is 4.71. The standard InChI is InChI=1S/C10H7Br2NO/c1-13-9-3-2-6(11)4-7(9)8(5-14)10(13)12/h2-5H,1H3. The van der Waals surface area contributed by atoms with Crippen molar-refractivity contribution in [1.29, 1.82) is 0 Å². The molecule has 0 atom stereocenters. The lowest BCUT2D eigenvalue weighted by molar-refractivity contribution is 0.112. The van der Waals surface area contributed by atoms with Crippen molar-refractivity contribution < 1.29 is 4.79 Å². The van der Waals surface area contributed by atoms with Gasteiger partial charge in [-0.1, -0.05) is 15.9 Å². The average Bonchev–Trinajstić information content (AvgIpc) is 2.39. The molecule has 2 rings (SSSR count). The molecule has 0 aliphatic carbocycles. The van der Waals surface area contributed by atoms with Crippen LogP contribution in [0.15, 0.2) is 27.3 Å². The molecule has 14 heavy (non-hydrogen) atoms. The molecule has 0 unspecified atom stereocenters. The number of aldehydes is 1. The number of carbonyl (C=O) groups is 1. The summed E-state index contributed by atoms with van der Waals surface area (Å²) in [6.07, 6.45) is 0.874. The molecular formula is C10H7Br2NO. The van der Waals surface area contributed by atoms with Crippen LogP contribution in [0.25, 0.3) is 10.9 Å². The molecule has 0 radical (unpaired) electrons. The molecule has 1 aromatic heterocycles. The van der Waals surface area contributed by atoms with Gasteiger partial charge in [0.2, 0.25) is 0 Å². The molecule has 0 spiro atoms. The number of nitrogens with zero attached hydrogens (tertiary/aromatic N) is 1. The summed E-state index contributed by atoms with van der Waals surface area (Å²) in [4.78, 5) is 10.9. The van der Waals surface area contributed by atoms with Crippen LogP contribution in [-0.2, 0) is 7.05 Å². The summed E-state index contributed by atoms with van der Waals surface area (Å²) in [7, 11) is 1.92. The van der Waals surface area contributed by atoms with Gasteiger partial charge in [-0.2, -0.15) is 0 Å². The van der Waals surface area contributed by atoms with E-state index in [4.69, 9.17) is 0 Å². The molecule has 0 amide bonds. The molecule has 2 aromatic rings.